The van der Waals surface area contributed by atoms with Crippen molar-refractivity contribution in [3.63, 3.8) is 0 Å². The van der Waals surface area contributed by atoms with E-state index in [2.05, 4.69) is 4.98 Å². The first-order chi connectivity index (χ1) is 12.4. The second-order valence-corrected chi connectivity index (χ2v) is 6.51. The smallest absolute Gasteiger partial charge is 0.279 e. The van der Waals surface area contributed by atoms with E-state index in [-0.39, 0.29) is 26.9 Å². The minimum absolute atomic E-state index is 0.00345. The maximum absolute atomic E-state index is 12.2. The Morgan fingerprint density at radius 3 is 2.73 bits per heavy atom. The Morgan fingerprint density at radius 1 is 1.31 bits per heavy atom. The van der Waals surface area contributed by atoms with Crippen LogP contribution in [0.5, 0.6) is 0 Å². The van der Waals surface area contributed by atoms with Crippen LogP contribution in [0.4, 0.5) is 5.69 Å². The van der Waals surface area contributed by atoms with Gasteiger partial charge < -0.3 is 5.11 Å². The summed E-state index contributed by atoms with van der Waals surface area (Å²) in [5.74, 6) is -0.584. The molecule has 0 saturated heterocycles. The molecule has 1 heterocycles. The molecular weight excluding hydrogens is 378 g/mol. The molecule has 0 unspecified atom stereocenters. The van der Waals surface area contributed by atoms with Gasteiger partial charge in [0.05, 0.1) is 15.3 Å². The number of nitriles is 1. The van der Waals surface area contributed by atoms with E-state index in [0.29, 0.717) is 10.1 Å². The van der Waals surface area contributed by atoms with Crippen molar-refractivity contribution in [2.75, 3.05) is 0 Å². The maximum atomic E-state index is 12.2. The molecule has 0 aliphatic rings. The fraction of sp³-hybridized carbons (Fsp3) is 0. The highest BCUT2D eigenvalue weighted by Crippen LogP contribution is 2.32. The Hall–Kier alpha value is -3.28. The van der Waals surface area contributed by atoms with Crippen molar-refractivity contribution in [1.29, 1.82) is 5.26 Å². The van der Waals surface area contributed by atoms with Gasteiger partial charge in [-0.25, -0.2) is 0 Å². The fourth-order valence-corrected chi connectivity index (χ4v) is 3.46. The molecule has 0 aliphatic heterocycles. The Kier molecular flexibility index (Phi) is 4.67. The number of allylic oxidation sites excluding steroid dienone is 1. The number of nitrogens with zero attached hydrogens (tertiary/aromatic N) is 3. The molecule has 128 valence electrons. The molecule has 0 radical (unpaired) electrons. The first-order valence-corrected chi connectivity index (χ1v) is 8.29. The standard InChI is InChI=1S/C17H8ClN3O4S/c18-13-6-5-9(21(24)25)7-11(13)15(22)12(8-19)17-20-16(23)10-3-1-2-4-14(10)26-17/h1-7,22H. The maximum Gasteiger partial charge on any atom is 0.279 e. The van der Waals surface area contributed by atoms with Crippen LogP contribution >= 0.6 is 22.9 Å². The summed E-state index contributed by atoms with van der Waals surface area (Å²) in [4.78, 5) is 26.3. The molecule has 1 aromatic heterocycles. The van der Waals surface area contributed by atoms with Gasteiger partial charge in [0, 0.05) is 22.4 Å². The van der Waals surface area contributed by atoms with E-state index in [4.69, 9.17) is 11.6 Å². The van der Waals surface area contributed by atoms with Gasteiger partial charge in [-0.3, -0.25) is 14.9 Å². The van der Waals surface area contributed by atoms with E-state index in [1.165, 1.54) is 12.1 Å². The van der Waals surface area contributed by atoms with Gasteiger partial charge in [0.2, 0.25) is 0 Å². The summed E-state index contributed by atoms with van der Waals surface area (Å²) in [6.45, 7) is 0. The van der Waals surface area contributed by atoms with Crippen LogP contribution in [0.3, 0.4) is 0 Å². The Bertz CT molecular complexity index is 1180. The van der Waals surface area contributed by atoms with Gasteiger partial charge in [-0.05, 0) is 18.2 Å². The van der Waals surface area contributed by atoms with Crippen molar-refractivity contribution < 1.29 is 10.0 Å². The number of rotatable bonds is 3. The van der Waals surface area contributed by atoms with Gasteiger partial charge >= 0.3 is 0 Å². The number of hydrogen-bond acceptors (Lipinski definition) is 7. The van der Waals surface area contributed by atoms with Crippen LogP contribution in [0, 0.1) is 21.4 Å². The number of fused-ring (bicyclic) bond motifs is 1. The lowest BCUT2D eigenvalue weighted by molar-refractivity contribution is -0.384. The number of nitro groups is 1. The Labute approximate surface area is 155 Å². The number of benzene rings is 2. The van der Waals surface area contributed by atoms with Crippen LogP contribution in [-0.2, 0) is 0 Å². The third-order valence-corrected chi connectivity index (χ3v) is 4.90. The molecule has 9 heteroatoms. The normalized spacial score (nSPS) is 11.7. The van der Waals surface area contributed by atoms with E-state index in [9.17, 15) is 25.3 Å². The van der Waals surface area contributed by atoms with Crippen molar-refractivity contribution in [3.05, 3.63) is 78.5 Å². The average Bonchev–Trinajstić information content (AvgIpc) is 2.62. The quantitative estimate of drug-likeness (QED) is 0.313. The van der Waals surface area contributed by atoms with Gasteiger partial charge in [0.1, 0.15) is 22.4 Å². The first-order valence-electron chi connectivity index (χ1n) is 7.10. The van der Waals surface area contributed by atoms with E-state index < -0.39 is 16.2 Å². The summed E-state index contributed by atoms with van der Waals surface area (Å²) in [5.41, 5.74) is -1.22. The number of nitro benzene ring substituents is 1. The number of aliphatic hydroxyl groups is 1. The molecule has 3 aromatic rings. The molecular formula is C17H8ClN3O4S. The second kappa shape index (κ2) is 6.92. The van der Waals surface area contributed by atoms with E-state index >= 15 is 0 Å². The molecule has 0 amide bonds. The SMILES string of the molecule is N#CC(=C(O)c1cc([N+](=O)[O-])ccc1Cl)c1nc(=O)c2ccccc2s1. The fourth-order valence-electron chi connectivity index (χ4n) is 2.26. The highest BCUT2D eigenvalue weighted by atomic mass is 35.5. The summed E-state index contributed by atoms with van der Waals surface area (Å²) in [7, 11) is 0. The topological polar surface area (TPSA) is 117 Å². The van der Waals surface area contributed by atoms with E-state index in [1.54, 1.807) is 30.3 Å². The molecule has 2 aromatic carbocycles. The molecule has 0 fully saturated rings. The predicted molar refractivity (Wildman–Crippen MR) is 99.1 cm³/mol. The number of aromatic nitrogens is 1. The predicted octanol–water partition coefficient (Wildman–Crippen LogP) is 4.17. The summed E-state index contributed by atoms with van der Waals surface area (Å²) < 4.78 is 0.591. The minimum atomic E-state index is -0.647. The molecule has 0 saturated carbocycles. The molecule has 0 atom stereocenters. The Balaban J connectivity index is 2.26. The second-order valence-electron chi connectivity index (χ2n) is 5.08. The van der Waals surface area contributed by atoms with Crippen LogP contribution < -0.4 is 5.56 Å². The molecule has 0 aliphatic carbocycles. The van der Waals surface area contributed by atoms with Crippen molar-refractivity contribution in [1.82, 2.24) is 4.98 Å². The summed E-state index contributed by atoms with van der Waals surface area (Å²) in [6, 6.07) is 12.0. The Morgan fingerprint density at radius 2 is 2.04 bits per heavy atom. The van der Waals surface area contributed by atoms with Crippen molar-refractivity contribution in [2.24, 2.45) is 0 Å². The summed E-state index contributed by atoms with van der Waals surface area (Å²) >= 11 is 7.05. The number of non-ortho nitro benzene ring substituents is 1. The van der Waals surface area contributed by atoms with Crippen LogP contribution in [0.1, 0.15) is 10.6 Å². The van der Waals surface area contributed by atoms with Gasteiger partial charge in [-0.1, -0.05) is 23.7 Å². The molecule has 0 spiro atoms. The van der Waals surface area contributed by atoms with Crippen LogP contribution in [0.15, 0.2) is 47.3 Å². The highest BCUT2D eigenvalue weighted by Gasteiger charge is 2.19. The first kappa shape index (κ1) is 17.5. The zero-order valence-corrected chi connectivity index (χ0v) is 14.4. The van der Waals surface area contributed by atoms with Gasteiger partial charge in [-0.2, -0.15) is 10.2 Å². The number of aliphatic hydroxyl groups excluding tert-OH is 1. The average molecular weight is 386 g/mol. The van der Waals surface area contributed by atoms with Crippen molar-refractivity contribution in [3.8, 4) is 6.07 Å². The number of hydrogen-bond donors (Lipinski definition) is 1. The lowest BCUT2D eigenvalue weighted by Gasteiger charge is -2.06. The van der Waals surface area contributed by atoms with E-state index in [0.717, 1.165) is 17.4 Å². The molecule has 7 nitrogen and oxygen atoms in total. The van der Waals surface area contributed by atoms with Gasteiger partial charge in [0.15, 0.2) is 0 Å². The molecule has 3 rings (SSSR count). The summed E-state index contributed by atoms with van der Waals surface area (Å²) in [5, 5.41) is 31.3. The zero-order chi connectivity index (χ0) is 18.8. The zero-order valence-electron chi connectivity index (χ0n) is 12.8. The highest BCUT2D eigenvalue weighted by molar-refractivity contribution is 7.19. The van der Waals surface area contributed by atoms with Gasteiger partial charge in [-0.15, -0.1) is 11.3 Å². The molecule has 26 heavy (non-hydrogen) atoms. The minimum Gasteiger partial charge on any atom is -0.506 e. The van der Waals surface area contributed by atoms with Crippen LogP contribution in [0.2, 0.25) is 5.02 Å². The summed E-state index contributed by atoms with van der Waals surface area (Å²) in [6.07, 6.45) is 0. The third-order valence-electron chi connectivity index (χ3n) is 3.51. The van der Waals surface area contributed by atoms with Gasteiger partial charge in [0.25, 0.3) is 11.2 Å². The third kappa shape index (κ3) is 3.13. The van der Waals surface area contributed by atoms with Crippen LogP contribution in [-0.4, -0.2) is 15.0 Å². The monoisotopic (exact) mass is 385 g/mol. The van der Waals surface area contributed by atoms with Crippen LogP contribution in [0.25, 0.3) is 21.4 Å². The van der Waals surface area contributed by atoms with Crippen molar-refractivity contribution in [2.45, 2.75) is 0 Å². The molecule has 1 N–H and O–H groups in total. The molecule has 0 bridgehead atoms. The van der Waals surface area contributed by atoms with E-state index in [1.807, 2.05) is 0 Å². The largest absolute Gasteiger partial charge is 0.506 e. The lowest BCUT2D eigenvalue weighted by atomic mass is 10.1. The number of halogens is 1. The lowest BCUT2D eigenvalue weighted by Crippen LogP contribution is -2.07. The van der Waals surface area contributed by atoms with Crippen molar-refractivity contribution >= 4 is 50.0 Å².